The van der Waals surface area contributed by atoms with Crippen LogP contribution in [0, 0.1) is 5.92 Å². The van der Waals surface area contributed by atoms with Crippen molar-refractivity contribution in [2.45, 2.75) is 45.4 Å². The van der Waals surface area contributed by atoms with Crippen LogP contribution in [0.1, 0.15) is 56.6 Å². The van der Waals surface area contributed by atoms with Gasteiger partial charge >= 0.3 is 8.25 Å². The van der Waals surface area contributed by atoms with Gasteiger partial charge in [0.25, 0.3) is 0 Å². The largest absolute Gasteiger partial charge is 0.747 e. The summed E-state index contributed by atoms with van der Waals surface area (Å²) in [5, 5.41) is 0. The SMILES string of the molecule is CC(C)c1cccc([C@H](C)C2CC2)c1O[P+](=O)O. The lowest BCUT2D eigenvalue weighted by molar-refractivity contribution is 0.403. The first kappa shape index (κ1) is 13.5. The highest BCUT2D eigenvalue weighted by atomic mass is 31.1. The molecule has 1 aliphatic rings. The van der Waals surface area contributed by atoms with E-state index in [0.717, 1.165) is 11.1 Å². The monoisotopic (exact) mass is 267 g/mol. The quantitative estimate of drug-likeness (QED) is 0.806. The second-order valence-corrected chi connectivity index (χ2v) is 6.03. The molecule has 98 valence electrons. The van der Waals surface area contributed by atoms with Crippen molar-refractivity contribution < 1.29 is 14.0 Å². The molecule has 0 aromatic heterocycles. The van der Waals surface area contributed by atoms with Crippen LogP contribution in [0.2, 0.25) is 0 Å². The molecule has 4 heteroatoms. The number of rotatable bonds is 5. The third kappa shape index (κ3) is 2.90. The summed E-state index contributed by atoms with van der Waals surface area (Å²) < 4.78 is 16.2. The third-order valence-electron chi connectivity index (χ3n) is 3.69. The maximum absolute atomic E-state index is 11.0. The van der Waals surface area contributed by atoms with E-state index >= 15 is 0 Å². The van der Waals surface area contributed by atoms with Gasteiger partial charge in [-0.05, 0) is 30.6 Å². The van der Waals surface area contributed by atoms with Gasteiger partial charge in [0.15, 0.2) is 5.75 Å². The zero-order chi connectivity index (χ0) is 13.3. The van der Waals surface area contributed by atoms with Gasteiger partial charge in [0, 0.05) is 15.7 Å². The van der Waals surface area contributed by atoms with Crippen LogP contribution in [0.5, 0.6) is 5.75 Å². The Morgan fingerprint density at radius 2 is 1.89 bits per heavy atom. The molecule has 18 heavy (non-hydrogen) atoms. The van der Waals surface area contributed by atoms with E-state index in [1.165, 1.54) is 12.8 Å². The molecular weight excluding hydrogens is 247 g/mol. The first-order valence-electron chi connectivity index (χ1n) is 6.47. The summed E-state index contributed by atoms with van der Waals surface area (Å²) >= 11 is 0. The van der Waals surface area contributed by atoms with Crippen molar-refractivity contribution in [2.75, 3.05) is 0 Å². The van der Waals surface area contributed by atoms with E-state index in [1.54, 1.807) is 0 Å². The van der Waals surface area contributed by atoms with E-state index in [-0.39, 0.29) is 5.92 Å². The van der Waals surface area contributed by atoms with Crippen LogP contribution in [0.3, 0.4) is 0 Å². The van der Waals surface area contributed by atoms with Crippen molar-refractivity contribution in [3.63, 3.8) is 0 Å². The maximum Gasteiger partial charge on any atom is 0.747 e. The van der Waals surface area contributed by atoms with Gasteiger partial charge in [-0.25, -0.2) is 4.52 Å². The lowest BCUT2D eigenvalue weighted by Crippen LogP contribution is -2.02. The molecule has 0 radical (unpaired) electrons. The van der Waals surface area contributed by atoms with Crippen molar-refractivity contribution >= 4 is 8.25 Å². The average molecular weight is 267 g/mol. The molecule has 0 bridgehead atoms. The summed E-state index contributed by atoms with van der Waals surface area (Å²) in [4.78, 5) is 9.06. The predicted octanol–water partition coefficient (Wildman–Crippen LogP) is 4.35. The summed E-state index contributed by atoms with van der Waals surface area (Å²) in [6.07, 6.45) is 2.50. The molecule has 1 saturated carbocycles. The third-order valence-corrected chi connectivity index (χ3v) is 4.03. The first-order chi connectivity index (χ1) is 8.50. The summed E-state index contributed by atoms with van der Waals surface area (Å²) in [6, 6.07) is 6.01. The fourth-order valence-corrected chi connectivity index (χ4v) is 2.79. The minimum Gasteiger partial charge on any atom is -0.229 e. The molecule has 0 spiro atoms. The Labute approximate surface area is 109 Å². The summed E-state index contributed by atoms with van der Waals surface area (Å²) in [6.45, 7) is 6.31. The van der Waals surface area contributed by atoms with Crippen molar-refractivity contribution in [1.82, 2.24) is 0 Å². The Morgan fingerprint density at radius 3 is 2.39 bits per heavy atom. The molecule has 0 heterocycles. The number of benzene rings is 1. The highest BCUT2D eigenvalue weighted by Gasteiger charge is 2.33. The fraction of sp³-hybridized carbons (Fsp3) is 0.571. The highest BCUT2D eigenvalue weighted by molar-refractivity contribution is 7.32. The predicted molar refractivity (Wildman–Crippen MR) is 72.1 cm³/mol. The minimum absolute atomic E-state index is 0.279. The Morgan fingerprint density at radius 1 is 1.28 bits per heavy atom. The van der Waals surface area contributed by atoms with E-state index < -0.39 is 8.25 Å². The minimum atomic E-state index is -2.61. The van der Waals surface area contributed by atoms with Gasteiger partial charge < -0.3 is 0 Å². The van der Waals surface area contributed by atoms with Gasteiger partial charge in [0.2, 0.25) is 0 Å². The normalized spacial score (nSPS) is 17.7. The Kier molecular flexibility index (Phi) is 4.04. The molecule has 1 N–H and O–H groups in total. The van der Waals surface area contributed by atoms with E-state index in [2.05, 4.69) is 20.8 Å². The first-order valence-corrected chi connectivity index (χ1v) is 7.60. The Hall–Kier alpha value is -0.920. The molecule has 1 aliphatic carbocycles. The van der Waals surface area contributed by atoms with E-state index in [4.69, 9.17) is 9.42 Å². The number of hydrogen-bond acceptors (Lipinski definition) is 2. The molecule has 1 fully saturated rings. The smallest absolute Gasteiger partial charge is 0.229 e. The molecule has 2 atom stereocenters. The molecule has 1 aromatic carbocycles. The second-order valence-electron chi connectivity index (χ2n) is 5.38. The zero-order valence-corrected chi connectivity index (χ0v) is 12.0. The summed E-state index contributed by atoms with van der Waals surface area (Å²) in [5.41, 5.74) is 2.08. The Bertz CT molecular complexity index is 452. The average Bonchev–Trinajstić information content (AvgIpc) is 3.11. The molecule has 2 rings (SSSR count). The van der Waals surface area contributed by atoms with Crippen LogP contribution in [-0.4, -0.2) is 4.89 Å². The van der Waals surface area contributed by atoms with Gasteiger partial charge in [-0.1, -0.05) is 39.0 Å². The Balaban J connectivity index is 2.42. The summed E-state index contributed by atoms with van der Waals surface area (Å²) in [7, 11) is -2.61. The van der Waals surface area contributed by atoms with Crippen LogP contribution in [-0.2, 0) is 4.57 Å². The van der Waals surface area contributed by atoms with Crippen molar-refractivity contribution in [3.8, 4) is 5.75 Å². The van der Waals surface area contributed by atoms with Gasteiger partial charge in [0.1, 0.15) is 0 Å². The van der Waals surface area contributed by atoms with Crippen LogP contribution >= 0.6 is 8.25 Å². The molecular formula is C14H20O3P+. The van der Waals surface area contributed by atoms with Crippen LogP contribution < -0.4 is 4.52 Å². The van der Waals surface area contributed by atoms with Gasteiger partial charge in [0.05, 0.1) is 0 Å². The van der Waals surface area contributed by atoms with Crippen LogP contribution in [0.15, 0.2) is 18.2 Å². The summed E-state index contributed by atoms with van der Waals surface area (Å²) in [5.74, 6) is 2.00. The number of para-hydroxylation sites is 1. The lowest BCUT2D eigenvalue weighted by atomic mass is 9.90. The molecule has 1 unspecified atom stereocenters. The van der Waals surface area contributed by atoms with Crippen LogP contribution in [0.25, 0.3) is 0 Å². The van der Waals surface area contributed by atoms with E-state index in [1.807, 2.05) is 18.2 Å². The number of hydrogen-bond donors (Lipinski definition) is 1. The lowest BCUT2D eigenvalue weighted by Gasteiger charge is -2.16. The zero-order valence-electron chi connectivity index (χ0n) is 11.1. The van der Waals surface area contributed by atoms with E-state index in [0.29, 0.717) is 17.6 Å². The van der Waals surface area contributed by atoms with Crippen LogP contribution in [0.4, 0.5) is 0 Å². The molecule has 0 aliphatic heterocycles. The standard InChI is InChI=1S/C14H19O3P/c1-9(2)12-5-4-6-13(10(3)11-7-8-11)14(12)17-18(15)16/h4-6,9-11H,7-8H2,1-3H3/p+1/t10-/m1/s1. The second kappa shape index (κ2) is 5.38. The molecule has 1 aromatic rings. The highest BCUT2D eigenvalue weighted by Crippen LogP contribution is 2.47. The van der Waals surface area contributed by atoms with Crippen molar-refractivity contribution in [1.29, 1.82) is 0 Å². The van der Waals surface area contributed by atoms with Crippen molar-refractivity contribution in [3.05, 3.63) is 29.3 Å². The van der Waals surface area contributed by atoms with E-state index in [9.17, 15) is 4.57 Å². The molecule has 0 saturated heterocycles. The maximum atomic E-state index is 11.0. The molecule has 0 amide bonds. The topological polar surface area (TPSA) is 46.5 Å². The van der Waals surface area contributed by atoms with Crippen molar-refractivity contribution in [2.24, 2.45) is 5.92 Å². The van der Waals surface area contributed by atoms with Gasteiger partial charge in [-0.15, -0.1) is 4.89 Å². The fourth-order valence-electron chi connectivity index (χ4n) is 2.42. The molecule has 3 nitrogen and oxygen atoms in total. The van der Waals surface area contributed by atoms with Gasteiger partial charge in [-0.2, -0.15) is 0 Å². The van der Waals surface area contributed by atoms with Gasteiger partial charge in [-0.3, -0.25) is 0 Å².